The average Bonchev–Trinajstić information content (AvgIpc) is 2.38. The second-order valence-electron chi connectivity index (χ2n) is 4.45. The molecule has 3 nitrogen and oxygen atoms in total. The molecule has 1 rings (SSSR count). The molecular formula is C14H20ClNO2. The van der Waals surface area contributed by atoms with Crippen molar-refractivity contribution in [2.75, 3.05) is 12.4 Å². The number of rotatable bonds is 5. The highest BCUT2D eigenvalue weighted by Crippen LogP contribution is 2.24. The van der Waals surface area contributed by atoms with Crippen LogP contribution in [0.25, 0.3) is 0 Å². The van der Waals surface area contributed by atoms with Crippen LogP contribution in [0.15, 0.2) is 24.3 Å². The largest absolute Gasteiger partial charge is 0.508 e. The number of aromatic hydroxyl groups is 1. The number of hydrogen-bond donors (Lipinski definition) is 1. The van der Waals surface area contributed by atoms with E-state index in [0.29, 0.717) is 12.4 Å². The molecular weight excluding hydrogens is 250 g/mol. The summed E-state index contributed by atoms with van der Waals surface area (Å²) in [5.41, 5.74) is 0.923. The maximum atomic E-state index is 12.2. The highest BCUT2D eigenvalue weighted by Gasteiger charge is 2.24. The third-order valence-corrected chi connectivity index (χ3v) is 3.56. The molecule has 1 aromatic carbocycles. The molecule has 0 aliphatic carbocycles. The van der Waals surface area contributed by atoms with E-state index >= 15 is 0 Å². The predicted octanol–water partition coefficient (Wildman–Crippen LogP) is 3.18. The smallest absolute Gasteiger partial charge is 0.227 e. The molecule has 0 radical (unpaired) electrons. The molecule has 2 atom stereocenters. The van der Waals surface area contributed by atoms with E-state index in [2.05, 4.69) is 0 Å². The van der Waals surface area contributed by atoms with Crippen LogP contribution < -0.4 is 0 Å². The third kappa shape index (κ3) is 3.39. The Labute approximate surface area is 113 Å². The van der Waals surface area contributed by atoms with Crippen molar-refractivity contribution in [3.8, 4) is 5.75 Å². The third-order valence-electron chi connectivity index (χ3n) is 3.10. The van der Waals surface area contributed by atoms with Gasteiger partial charge in [-0.15, -0.1) is 11.6 Å². The summed E-state index contributed by atoms with van der Waals surface area (Å²) < 4.78 is 0. The van der Waals surface area contributed by atoms with Gasteiger partial charge in [-0.2, -0.15) is 0 Å². The molecule has 1 aromatic rings. The van der Waals surface area contributed by atoms with Gasteiger partial charge in [0.15, 0.2) is 0 Å². The molecule has 4 heteroatoms. The average molecular weight is 270 g/mol. The number of carbonyl (C=O) groups is 1. The van der Waals surface area contributed by atoms with Crippen molar-refractivity contribution in [2.45, 2.75) is 26.8 Å². The monoisotopic (exact) mass is 269 g/mol. The first-order chi connectivity index (χ1) is 8.51. The number of halogens is 1. The molecule has 0 aromatic heterocycles. The zero-order valence-corrected chi connectivity index (χ0v) is 11.8. The number of phenolic OH excluding ortho intramolecular Hbond substituents is 1. The number of benzene rings is 1. The number of alkyl halides is 1. The zero-order valence-electron chi connectivity index (χ0n) is 11.1. The molecule has 0 saturated heterocycles. The van der Waals surface area contributed by atoms with E-state index in [0.717, 1.165) is 5.56 Å². The van der Waals surface area contributed by atoms with Crippen LogP contribution in [0.5, 0.6) is 5.75 Å². The van der Waals surface area contributed by atoms with Crippen molar-refractivity contribution >= 4 is 17.5 Å². The van der Waals surface area contributed by atoms with Crippen molar-refractivity contribution in [1.29, 1.82) is 0 Å². The lowest BCUT2D eigenvalue weighted by Gasteiger charge is -2.30. The van der Waals surface area contributed by atoms with E-state index in [-0.39, 0.29) is 23.6 Å². The van der Waals surface area contributed by atoms with Gasteiger partial charge in [0.05, 0.1) is 6.04 Å². The van der Waals surface area contributed by atoms with E-state index in [4.69, 9.17) is 11.6 Å². The molecule has 1 amide bonds. The Morgan fingerprint density at radius 1 is 1.44 bits per heavy atom. The molecule has 0 saturated carbocycles. The van der Waals surface area contributed by atoms with Crippen LogP contribution in [0.1, 0.15) is 32.4 Å². The first kappa shape index (κ1) is 14.8. The van der Waals surface area contributed by atoms with Crippen LogP contribution in [0.3, 0.4) is 0 Å². The number of carbonyl (C=O) groups excluding carboxylic acids is 1. The molecule has 2 unspecified atom stereocenters. The lowest BCUT2D eigenvalue weighted by Crippen LogP contribution is -2.37. The quantitative estimate of drug-likeness (QED) is 0.834. The fourth-order valence-corrected chi connectivity index (χ4v) is 2.07. The normalized spacial score (nSPS) is 14.0. The topological polar surface area (TPSA) is 40.5 Å². The summed E-state index contributed by atoms with van der Waals surface area (Å²) in [6, 6.07) is 6.93. The lowest BCUT2D eigenvalue weighted by molar-refractivity contribution is -0.136. The SMILES string of the molecule is CCN(C(=O)C(C)CCl)C(C)c1cccc(O)c1. The van der Waals surface area contributed by atoms with Gasteiger partial charge in [-0.25, -0.2) is 0 Å². The summed E-state index contributed by atoms with van der Waals surface area (Å²) in [5.74, 6) is 0.394. The van der Waals surface area contributed by atoms with Gasteiger partial charge >= 0.3 is 0 Å². The summed E-state index contributed by atoms with van der Waals surface area (Å²) in [5, 5.41) is 9.49. The van der Waals surface area contributed by atoms with Gasteiger partial charge in [0, 0.05) is 18.3 Å². The summed E-state index contributed by atoms with van der Waals surface area (Å²) in [6.07, 6.45) is 0. The Kier molecular flexibility index (Phi) is 5.48. The van der Waals surface area contributed by atoms with Gasteiger partial charge in [-0.3, -0.25) is 4.79 Å². The molecule has 1 N–H and O–H groups in total. The van der Waals surface area contributed by atoms with Gasteiger partial charge in [-0.05, 0) is 31.5 Å². The second kappa shape index (κ2) is 6.64. The highest BCUT2D eigenvalue weighted by atomic mass is 35.5. The van der Waals surface area contributed by atoms with E-state index < -0.39 is 0 Å². The lowest BCUT2D eigenvalue weighted by atomic mass is 10.0. The van der Waals surface area contributed by atoms with E-state index in [1.807, 2.05) is 26.8 Å². The Morgan fingerprint density at radius 2 is 2.11 bits per heavy atom. The fraction of sp³-hybridized carbons (Fsp3) is 0.500. The first-order valence-electron chi connectivity index (χ1n) is 6.16. The number of phenols is 1. The minimum absolute atomic E-state index is 0.0448. The molecule has 0 heterocycles. The standard InChI is InChI=1S/C14H20ClNO2/c1-4-16(14(18)10(2)9-15)11(3)12-6-5-7-13(17)8-12/h5-8,10-11,17H,4,9H2,1-3H3. The van der Waals surface area contributed by atoms with Gasteiger partial charge < -0.3 is 10.0 Å². The minimum Gasteiger partial charge on any atom is -0.508 e. The van der Waals surface area contributed by atoms with Crippen molar-refractivity contribution in [1.82, 2.24) is 4.90 Å². The van der Waals surface area contributed by atoms with Crippen molar-refractivity contribution in [3.63, 3.8) is 0 Å². The Morgan fingerprint density at radius 3 is 2.61 bits per heavy atom. The highest BCUT2D eigenvalue weighted by molar-refractivity contribution is 6.19. The second-order valence-corrected chi connectivity index (χ2v) is 4.76. The molecule has 0 bridgehead atoms. The van der Waals surface area contributed by atoms with Gasteiger partial charge in [0.1, 0.15) is 5.75 Å². The van der Waals surface area contributed by atoms with E-state index in [1.54, 1.807) is 23.1 Å². The van der Waals surface area contributed by atoms with Gasteiger partial charge in [-0.1, -0.05) is 19.1 Å². The first-order valence-corrected chi connectivity index (χ1v) is 6.70. The fourth-order valence-electron chi connectivity index (χ4n) is 1.93. The van der Waals surface area contributed by atoms with E-state index in [9.17, 15) is 9.90 Å². The minimum atomic E-state index is -0.189. The summed E-state index contributed by atoms with van der Waals surface area (Å²) in [4.78, 5) is 14.0. The Balaban J connectivity index is 2.92. The molecule has 18 heavy (non-hydrogen) atoms. The molecule has 0 aliphatic rings. The van der Waals surface area contributed by atoms with Crippen LogP contribution in [0.4, 0.5) is 0 Å². The molecule has 0 aliphatic heterocycles. The summed E-state index contributed by atoms with van der Waals surface area (Å²) in [7, 11) is 0. The van der Waals surface area contributed by atoms with Crippen LogP contribution >= 0.6 is 11.6 Å². The Hall–Kier alpha value is -1.22. The van der Waals surface area contributed by atoms with Crippen molar-refractivity contribution < 1.29 is 9.90 Å². The summed E-state index contributed by atoms with van der Waals surface area (Å²) in [6.45, 7) is 6.35. The molecule has 100 valence electrons. The number of hydrogen-bond acceptors (Lipinski definition) is 2. The Bertz CT molecular complexity index is 409. The maximum Gasteiger partial charge on any atom is 0.227 e. The predicted molar refractivity (Wildman–Crippen MR) is 73.8 cm³/mol. The van der Waals surface area contributed by atoms with Gasteiger partial charge in [0.2, 0.25) is 5.91 Å². The van der Waals surface area contributed by atoms with Gasteiger partial charge in [0.25, 0.3) is 0 Å². The number of amides is 1. The zero-order chi connectivity index (χ0) is 13.7. The molecule has 0 spiro atoms. The van der Waals surface area contributed by atoms with E-state index in [1.165, 1.54) is 0 Å². The van der Waals surface area contributed by atoms with Crippen LogP contribution in [0.2, 0.25) is 0 Å². The number of nitrogens with zero attached hydrogens (tertiary/aromatic N) is 1. The summed E-state index contributed by atoms with van der Waals surface area (Å²) >= 11 is 5.74. The molecule has 0 fully saturated rings. The van der Waals surface area contributed by atoms with Crippen LogP contribution in [-0.4, -0.2) is 28.3 Å². The van der Waals surface area contributed by atoms with Crippen LogP contribution in [0, 0.1) is 5.92 Å². The maximum absolute atomic E-state index is 12.2. The van der Waals surface area contributed by atoms with Crippen LogP contribution in [-0.2, 0) is 4.79 Å². The van der Waals surface area contributed by atoms with Crippen molar-refractivity contribution in [2.24, 2.45) is 5.92 Å². The van der Waals surface area contributed by atoms with Crippen molar-refractivity contribution in [3.05, 3.63) is 29.8 Å².